The van der Waals surface area contributed by atoms with E-state index in [0.717, 1.165) is 87.9 Å². The molecule has 15 heteroatoms. The molecule has 1 aromatic heterocycles. The Morgan fingerprint density at radius 3 is 2.25 bits per heavy atom. The van der Waals surface area contributed by atoms with Crippen LogP contribution in [0.3, 0.4) is 0 Å². The number of aliphatic hydroxyl groups is 4. The van der Waals surface area contributed by atoms with Crippen molar-refractivity contribution in [1.29, 1.82) is 0 Å². The van der Waals surface area contributed by atoms with E-state index in [4.69, 9.17) is 44.6 Å². The van der Waals surface area contributed by atoms with Crippen LogP contribution >= 0.6 is 0 Å². The quantitative estimate of drug-likeness (QED) is 0.195. The Morgan fingerprint density at radius 1 is 0.979 bits per heavy atom. The Balaban J connectivity index is 0.000000318. The number of ether oxygens (including phenoxy) is 4. The zero-order chi connectivity index (χ0) is 34.2. The summed E-state index contributed by atoms with van der Waals surface area (Å²) in [5.74, 6) is 0.0216. The van der Waals surface area contributed by atoms with Crippen molar-refractivity contribution in [3.05, 3.63) is 47.9 Å². The van der Waals surface area contributed by atoms with Crippen LogP contribution in [0.5, 0.6) is 11.5 Å². The maximum atomic E-state index is 10.5. The molecule has 0 spiro atoms. The molecule has 15 nitrogen and oxygen atoms in total. The molecule has 3 aliphatic heterocycles. The number of cyclic esters (lactones) is 1. The van der Waals surface area contributed by atoms with E-state index in [2.05, 4.69) is 56.1 Å². The fourth-order valence-corrected chi connectivity index (χ4v) is 5.59. The summed E-state index contributed by atoms with van der Waals surface area (Å²) in [7, 11) is 5.46. The monoisotopic (exact) mass is 668 g/mol. The van der Waals surface area contributed by atoms with Gasteiger partial charge < -0.3 is 54.5 Å². The number of carbonyl (C=O) groups excluding carboxylic acids is 1. The first-order chi connectivity index (χ1) is 23.2. The number of nitrogens with zero attached hydrogens (tertiary/aromatic N) is 5. The third-order valence-corrected chi connectivity index (χ3v) is 8.50. The van der Waals surface area contributed by atoms with Gasteiger partial charge in [-0.15, -0.1) is 0 Å². The average molecular weight is 669 g/mol. The van der Waals surface area contributed by atoms with E-state index >= 15 is 0 Å². The van der Waals surface area contributed by atoms with Gasteiger partial charge in [-0.2, -0.15) is 0 Å². The number of anilines is 2. The summed E-state index contributed by atoms with van der Waals surface area (Å²) in [5.41, 5.74) is 3.04. The number of methoxy groups -OCH3 is 2. The van der Waals surface area contributed by atoms with Crippen LogP contribution in [-0.4, -0.2) is 152 Å². The van der Waals surface area contributed by atoms with Gasteiger partial charge in [-0.3, -0.25) is 4.90 Å². The lowest BCUT2D eigenvalue weighted by Crippen LogP contribution is -2.44. The second-order valence-electron chi connectivity index (χ2n) is 11.6. The predicted octanol–water partition coefficient (Wildman–Crippen LogP) is 1.40. The molecule has 5 N–H and O–H groups in total. The first kappa shape index (κ1) is 34.9. The molecule has 3 aliphatic rings. The number of rotatable bonds is 10. The minimum absolute atomic E-state index is 0.652. The van der Waals surface area contributed by atoms with E-state index in [1.165, 1.54) is 5.69 Å². The van der Waals surface area contributed by atoms with Gasteiger partial charge in [-0.1, -0.05) is 0 Å². The molecule has 0 radical (unpaired) electrons. The molecule has 0 aliphatic carbocycles. The Morgan fingerprint density at radius 2 is 1.65 bits per heavy atom. The minimum Gasteiger partial charge on any atom is -0.505 e. The standard InChI is InChI=1S/C27H36N6O3.C6H8O6/c1-31-10-12-33(13-11-31)21-6-4-20(5-7-21)26-29-23-19-25(35-3)24(34-2)18-22(23)27(30-26)28-8-9-32-14-16-36-17-15-32;7-1-2(8)5-3(9)4(10)6(11)12-5/h4-7,18-19H,8-17H2,1-3H3,(H,28,29,30);2,5,7-10H,1H2/t;2-,5+/m.0/s1. The third-order valence-electron chi connectivity index (χ3n) is 8.50. The van der Waals surface area contributed by atoms with Crippen LogP contribution in [0.25, 0.3) is 22.3 Å². The lowest BCUT2D eigenvalue weighted by atomic mass is 10.1. The van der Waals surface area contributed by atoms with Crippen molar-refractivity contribution in [1.82, 2.24) is 19.8 Å². The van der Waals surface area contributed by atoms with Gasteiger partial charge in [0.15, 0.2) is 29.2 Å². The van der Waals surface area contributed by atoms with Gasteiger partial charge >= 0.3 is 5.97 Å². The molecule has 2 atom stereocenters. The van der Waals surface area contributed by atoms with E-state index in [9.17, 15) is 4.79 Å². The van der Waals surface area contributed by atoms with Gasteiger partial charge in [0.05, 0.1) is 39.6 Å². The second kappa shape index (κ2) is 16.1. The molecule has 48 heavy (non-hydrogen) atoms. The number of aromatic nitrogens is 2. The number of benzene rings is 2. The molecule has 2 aromatic carbocycles. The van der Waals surface area contributed by atoms with E-state index in [1.54, 1.807) is 14.2 Å². The van der Waals surface area contributed by atoms with E-state index in [0.29, 0.717) is 17.3 Å². The Hall–Kier alpha value is -4.41. The van der Waals surface area contributed by atoms with Gasteiger partial charge in [0.25, 0.3) is 0 Å². The number of morpholine rings is 1. The van der Waals surface area contributed by atoms with E-state index < -0.39 is 36.3 Å². The number of esters is 1. The van der Waals surface area contributed by atoms with Crippen LogP contribution in [0.15, 0.2) is 47.9 Å². The molecule has 0 saturated carbocycles. The highest BCUT2D eigenvalue weighted by Gasteiger charge is 2.38. The summed E-state index contributed by atoms with van der Waals surface area (Å²) in [5, 5.41) is 39.5. The zero-order valence-electron chi connectivity index (χ0n) is 27.5. The summed E-state index contributed by atoms with van der Waals surface area (Å²) in [4.78, 5) is 27.6. The van der Waals surface area contributed by atoms with Crippen LogP contribution in [-0.2, 0) is 14.3 Å². The van der Waals surface area contributed by atoms with Crippen molar-refractivity contribution >= 4 is 28.4 Å². The van der Waals surface area contributed by atoms with Crippen molar-refractivity contribution in [2.24, 2.45) is 0 Å². The second-order valence-corrected chi connectivity index (χ2v) is 11.6. The Labute approximate surface area is 278 Å². The van der Waals surface area contributed by atoms with Gasteiger partial charge in [0.2, 0.25) is 5.76 Å². The number of hydrogen-bond donors (Lipinski definition) is 5. The maximum Gasteiger partial charge on any atom is 0.377 e. The number of piperazine rings is 1. The smallest absolute Gasteiger partial charge is 0.377 e. The highest BCUT2D eigenvalue weighted by Crippen LogP contribution is 2.35. The van der Waals surface area contributed by atoms with Crippen molar-refractivity contribution in [2.45, 2.75) is 12.2 Å². The zero-order valence-corrected chi connectivity index (χ0v) is 27.5. The molecule has 0 bridgehead atoms. The van der Waals surface area contributed by atoms with Gasteiger partial charge in [-0.05, 0) is 37.4 Å². The fourth-order valence-electron chi connectivity index (χ4n) is 5.59. The topological polar surface area (TPSA) is 182 Å². The predicted molar refractivity (Wildman–Crippen MR) is 179 cm³/mol. The van der Waals surface area contributed by atoms with Gasteiger partial charge in [0.1, 0.15) is 11.9 Å². The minimum atomic E-state index is -1.42. The average Bonchev–Trinajstić information content (AvgIpc) is 3.38. The van der Waals surface area contributed by atoms with Crippen molar-refractivity contribution in [3.8, 4) is 22.9 Å². The number of carbonyl (C=O) groups is 1. The molecule has 0 amide bonds. The number of likely N-dealkylation sites (N-methyl/N-ethyl adjacent to an activating group) is 1. The highest BCUT2D eigenvalue weighted by atomic mass is 16.6. The van der Waals surface area contributed by atoms with Crippen LogP contribution < -0.4 is 19.7 Å². The summed E-state index contributed by atoms with van der Waals surface area (Å²) in [6, 6.07) is 12.5. The van der Waals surface area contributed by atoms with Crippen LogP contribution in [0.4, 0.5) is 11.5 Å². The first-order valence-corrected chi connectivity index (χ1v) is 15.9. The van der Waals surface area contributed by atoms with Crippen LogP contribution in [0.2, 0.25) is 0 Å². The van der Waals surface area contributed by atoms with Crippen LogP contribution in [0, 0.1) is 0 Å². The maximum absolute atomic E-state index is 10.5. The SMILES string of the molecule is COc1cc2nc(-c3ccc(N4CCN(C)CC4)cc3)nc(NCCN3CCOCC3)c2cc1OC.O=C1O[C@H]([C@@H](O)CO)C(O)=C1O. The van der Waals surface area contributed by atoms with E-state index in [-0.39, 0.29) is 0 Å². The first-order valence-electron chi connectivity index (χ1n) is 15.9. The normalized spacial score (nSPS) is 19.5. The molecular weight excluding hydrogens is 624 g/mol. The molecule has 260 valence electrons. The van der Waals surface area contributed by atoms with Crippen molar-refractivity contribution in [3.63, 3.8) is 0 Å². The van der Waals surface area contributed by atoms with E-state index in [1.807, 2.05) is 12.1 Å². The number of aliphatic hydroxyl groups excluding tert-OH is 4. The summed E-state index contributed by atoms with van der Waals surface area (Å²) in [6.45, 7) is 8.80. The van der Waals surface area contributed by atoms with Gasteiger partial charge in [-0.25, -0.2) is 14.8 Å². The third kappa shape index (κ3) is 8.17. The molecule has 6 rings (SSSR count). The molecule has 4 heterocycles. The molecule has 2 saturated heterocycles. The molecule has 0 unspecified atom stereocenters. The van der Waals surface area contributed by atoms with Crippen molar-refractivity contribution < 1.29 is 44.2 Å². The fraction of sp³-hybridized carbons (Fsp3) is 0.485. The summed E-state index contributed by atoms with van der Waals surface area (Å²) >= 11 is 0. The number of fused-ring (bicyclic) bond motifs is 1. The summed E-state index contributed by atoms with van der Waals surface area (Å²) in [6.07, 6.45) is -2.78. The number of hydrogen-bond acceptors (Lipinski definition) is 15. The molecule has 3 aromatic rings. The molecular formula is C33H44N6O9. The lowest BCUT2D eigenvalue weighted by Gasteiger charge is -2.34. The Kier molecular flexibility index (Phi) is 11.7. The molecule has 2 fully saturated rings. The largest absolute Gasteiger partial charge is 0.505 e. The summed E-state index contributed by atoms with van der Waals surface area (Å²) < 4.78 is 20.9. The van der Waals surface area contributed by atoms with Crippen LogP contribution in [0.1, 0.15) is 0 Å². The number of nitrogens with one attached hydrogen (secondary N) is 1. The Bertz CT molecular complexity index is 1570. The highest BCUT2D eigenvalue weighted by molar-refractivity contribution is 5.93. The van der Waals surface area contributed by atoms with Gasteiger partial charge in [0, 0.05) is 75.1 Å². The van der Waals surface area contributed by atoms with Crippen molar-refractivity contribution in [2.75, 3.05) is 104 Å². The lowest BCUT2D eigenvalue weighted by molar-refractivity contribution is -0.147.